The first kappa shape index (κ1) is 26.9. The Labute approximate surface area is 219 Å². The zero-order chi connectivity index (χ0) is 28.1. The molecule has 0 N–H and O–H groups in total. The number of benzene rings is 2. The van der Waals surface area contributed by atoms with Gasteiger partial charge < -0.3 is 14.4 Å². The van der Waals surface area contributed by atoms with Crippen LogP contribution >= 0.6 is 0 Å². The second kappa shape index (κ2) is 9.80. The quantitative estimate of drug-likeness (QED) is 0.373. The Morgan fingerprint density at radius 1 is 0.923 bits per heavy atom. The molecule has 1 atom stereocenters. The Balaban J connectivity index is 1.70. The van der Waals surface area contributed by atoms with Gasteiger partial charge in [-0.3, -0.25) is 4.79 Å². The maximum atomic E-state index is 14.1. The Bertz CT molecular complexity index is 1440. The molecule has 1 unspecified atom stereocenters. The van der Waals surface area contributed by atoms with Crippen molar-refractivity contribution in [3.63, 3.8) is 0 Å². The first-order chi connectivity index (χ1) is 18.4. The summed E-state index contributed by atoms with van der Waals surface area (Å²) in [6.45, 7) is -0.355. The minimum absolute atomic E-state index is 0.0242. The number of halogens is 6. The average Bonchev–Trinajstić information content (AvgIpc) is 3.58. The standard InChI is InChI=1S/C27H25F6N3O3/c1-38-18-10-15(11-19(13-18)39-2)24-20-4-3-5-21(20)25(37)36(34-24)23-12-17(6-7-22(23)27(31,32)33)35-9-8-16(14-35)26(28,29)30/h6-7,10-13,16H,3-5,8-9,14H2,1-2H3. The SMILES string of the molecule is COc1cc(OC)cc(-c2nn(-c3cc(N4CCC(C(F)(F)F)C4)ccc3C(F)(F)F)c(=O)c3c2CCC3)c1. The Morgan fingerprint density at radius 3 is 2.18 bits per heavy atom. The molecule has 2 aliphatic rings. The van der Waals surface area contributed by atoms with Crippen molar-refractivity contribution < 1.29 is 35.8 Å². The monoisotopic (exact) mass is 553 g/mol. The van der Waals surface area contributed by atoms with E-state index in [9.17, 15) is 31.1 Å². The number of nitrogens with zero attached hydrogens (tertiary/aromatic N) is 3. The van der Waals surface area contributed by atoms with E-state index in [-0.39, 0.29) is 25.2 Å². The van der Waals surface area contributed by atoms with Gasteiger partial charge in [0, 0.05) is 36.0 Å². The van der Waals surface area contributed by atoms with E-state index >= 15 is 0 Å². The van der Waals surface area contributed by atoms with Crippen molar-refractivity contribution in [2.45, 2.75) is 38.0 Å². The number of alkyl halides is 6. The zero-order valence-electron chi connectivity index (χ0n) is 21.1. The summed E-state index contributed by atoms with van der Waals surface area (Å²) < 4.78 is 93.6. The topological polar surface area (TPSA) is 56.6 Å². The lowest BCUT2D eigenvalue weighted by Gasteiger charge is -2.23. The van der Waals surface area contributed by atoms with E-state index < -0.39 is 35.1 Å². The third-order valence-electron chi connectivity index (χ3n) is 7.31. The number of anilines is 1. The number of fused-ring (bicyclic) bond motifs is 1. The fraction of sp³-hybridized carbons (Fsp3) is 0.407. The number of rotatable bonds is 5. The molecule has 2 heterocycles. The number of hydrogen-bond donors (Lipinski definition) is 0. The molecule has 0 saturated carbocycles. The number of ether oxygens (including phenoxy) is 2. The van der Waals surface area contributed by atoms with Crippen LogP contribution in [0.2, 0.25) is 0 Å². The van der Waals surface area contributed by atoms with Crippen LogP contribution in [-0.4, -0.2) is 43.3 Å². The van der Waals surface area contributed by atoms with Gasteiger partial charge in [-0.15, -0.1) is 0 Å². The molecule has 2 aromatic carbocycles. The van der Waals surface area contributed by atoms with Gasteiger partial charge >= 0.3 is 12.4 Å². The summed E-state index contributed by atoms with van der Waals surface area (Å²) in [5.41, 5.74) is -0.360. The Kier molecular flexibility index (Phi) is 6.76. The van der Waals surface area contributed by atoms with E-state index in [1.54, 1.807) is 18.2 Å². The highest BCUT2D eigenvalue weighted by atomic mass is 19.4. The van der Waals surface area contributed by atoms with Crippen molar-refractivity contribution in [3.05, 3.63) is 63.4 Å². The van der Waals surface area contributed by atoms with Crippen molar-refractivity contribution >= 4 is 5.69 Å². The van der Waals surface area contributed by atoms with Crippen molar-refractivity contribution in [1.82, 2.24) is 9.78 Å². The van der Waals surface area contributed by atoms with Crippen LogP contribution < -0.4 is 19.9 Å². The van der Waals surface area contributed by atoms with Crippen molar-refractivity contribution in [3.8, 4) is 28.4 Å². The maximum Gasteiger partial charge on any atom is 0.418 e. The lowest BCUT2D eigenvalue weighted by Crippen LogP contribution is -2.29. The number of hydrogen-bond acceptors (Lipinski definition) is 5. The summed E-state index contributed by atoms with van der Waals surface area (Å²) in [6.07, 6.45) is -7.90. The maximum absolute atomic E-state index is 14.1. The molecule has 39 heavy (non-hydrogen) atoms. The van der Waals surface area contributed by atoms with Crippen LogP contribution in [0.4, 0.5) is 32.0 Å². The molecule has 6 nitrogen and oxygen atoms in total. The summed E-state index contributed by atoms with van der Waals surface area (Å²) in [7, 11) is 2.92. The molecule has 1 aromatic heterocycles. The minimum Gasteiger partial charge on any atom is -0.497 e. The average molecular weight is 554 g/mol. The van der Waals surface area contributed by atoms with E-state index in [0.29, 0.717) is 53.1 Å². The highest BCUT2D eigenvalue weighted by Gasteiger charge is 2.44. The third-order valence-corrected chi connectivity index (χ3v) is 7.31. The minimum atomic E-state index is -4.84. The van der Waals surface area contributed by atoms with Crippen molar-refractivity contribution in [2.24, 2.45) is 5.92 Å². The molecule has 0 bridgehead atoms. The summed E-state index contributed by atoms with van der Waals surface area (Å²) in [5.74, 6) is -0.720. The van der Waals surface area contributed by atoms with E-state index in [4.69, 9.17) is 9.47 Å². The molecular weight excluding hydrogens is 528 g/mol. The predicted molar refractivity (Wildman–Crippen MR) is 132 cm³/mol. The van der Waals surface area contributed by atoms with E-state index in [0.717, 1.165) is 22.9 Å². The third kappa shape index (κ3) is 5.04. The molecular formula is C27H25F6N3O3. The van der Waals surface area contributed by atoms with Gasteiger partial charge in [-0.25, -0.2) is 0 Å². The first-order valence-corrected chi connectivity index (χ1v) is 12.3. The van der Waals surface area contributed by atoms with Crippen LogP contribution in [0.5, 0.6) is 11.5 Å². The number of aromatic nitrogens is 2. The van der Waals surface area contributed by atoms with Crippen LogP contribution in [0.25, 0.3) is 16.9 Å². The molecule has 5 rings (SSSR count). The first-order valence-electron chi connectivity index (χ1n) is 12.3. The summed E-state index contributed by atoms with van der Waals surface area (Å²) in [6, 6.07) is 7.97. The van der Waals surface area contributed by atoms with Crippen LogP contribution in [0.3, 0.4) is 0 Å². The van der Waals surface area contributed by atoms with E-state index in [2.05, 4.69) is 5.10 Å². The molecule has 1 aliphatic carbocycles. The van der Waals surface area contributed by atoms with E-state index in [1.807, 2.05) is 0 Å². The van der Waals surface area contributed by atoms with Crippen LogP contribution in [0, 0.1) is 5.92 Å². The zero-order valence-corrected chi connectivity index (χ0v) is 21.1. The summed E-state index contributed by atoms with van der Waals surface area (Å²) >= 11 is 0. The molecule has 1 fully saturated rings. The van der Waals surface area contributed by atoms with E-state index in [1.165, 1.54) is 19.1 Å². The second-order valence-electron chi connectivity index (χ2n) is 9.65. The van der Waals surface area contributed by atoms with Crippen LogP contribution in [0.15, 0.2) is 41.2 Å². The smallest absolute Gasteiger partial charge is 0.418 e. The van der Waals surface area contributed by atoms with Crippen LogP contribution in [0.1, 0.15) is 29.5 Å². The number of methoxy groups -OCH3 is 2. The normalized spacial score (nSPS) is 17.4. The van der Waals surface area contributed by atoms with Gasteiger partial charge in [0.2, 0.25) is 0 Å². The lowest BCUT2D eigenvalue weighted by molar-refractivity contribution is -0.168. The summed E-state index contributed by atoms with van der Waals surface area (Å²) in [5, 5.41) is 4.43. The fourth-order valence-corrected chi connectivity index (χ4v) is 5.31. The Hall–Kier alpha value is -3.70. The fourth-order valence-electron chi connectivity index (χ4n) is 5.31. The van der Waals surface area contributed by atoms with Gasteiger partial charge in [0.05, 0.1) is 37.1 Å². The van der Waals surface area contributed by atoms with Crippen LogP contribution in [-0.2, 0) is 19.0 Å². The van der Waals surface area contributed by atoms with Gasteiger partial charge in [-0.2, -0.15) is 36.1 Å². The van der Waals surface area contributed by atoms with Gasteiger partial charge in [0.1, 0.15) is 11.5 Å². The molecule has 208 valence electrons. The molecule has 1 aliphatic heterocycles. The second-order valence-corrected chi connectivity index (χ2v) is 9.65. The molecule has 3 aromatic rings. The van der Waals surface area contributed by atoms with Crippen molar-refractivity contribution in [1.29, 1.82) is 0 Å². The predicted octanol–water partition coefficient (Wildman–Crippen LogP) is 5.81. The highest BCUT2D eigenvalue weighted by molar-refractivity contribution is 5.69. The Morgan fingerprint density at radius 2 is 1.59 bits per heavy atom. The molecule has 12 heteroatoms. The molecule has 0 amide bonds. The van der Waals surface area contributed by atoms with Crippen molar-refractivity contribution in [2.75, 3.05) is 32.2 Å². The molecule has 0 spiro atoms. The molecule has 1 saturated heterocycles. The van der Waals surface area contributed by atoms with Gasteiger partial charge in [-0.05, 0) is 61.6 Å². The lowest BCUT2D eigenvalue weighted by atomic mass is 10.0. The molecule has 0 radical (unpaired) electrons. The summed E-state index contributed by atoms with van der Waals surface area (Å²) in [4.78, 5) is 14.9. The van der Waals surface area contributed by atoms with Gasteiger partial charge in [0.25, 0.3) is 5.56 Å². The largest absolute Gasteiger partial charge is 0.497 e. The van der Waals surface area contributed by atoms with Gasteiger partial charge in [0.15, 0.2) is 0 Å². The van der Waals surface area contributed by atoms with Gasteiger partial charge in [-0.1, -0.05) is 0 Å². The highest BCUT2D eigenvalue weighted by Crippen LogP contribution is 2.40.